The van der Waals surface area contributed by atoms with Crippen LogP contribution in [-0.4, -0.2) is 54.2 Å². The summed E-state index contributed by atoms with van der Waals surface area (Å²) >= 11 is 0. The molecule has 2 aromatic rings. The lowest BCUT2D eigenvalue weighted by atomic mass is 9.86. The lowest BCUT2D eigenvalue weighted by Gasteiger charge is -2.24. The van der Waals surface area contributed by atoms with Gasteiger partial charge in [-0.25, -0.2) is 4.79 Å². The molecule has 1 unspecified atom stereocenters. The average molecular weight is 326 g/mol. The molecule has 2 amide bonds. The van der Waals surface area contributed by atoms with Crippen molar-refractivity contribution in [2.75, 3.05) is 38.5 Å². The molecule has 0 bridgehead atoms. The standard InChI is InChI=1S/C18H22N4O2/c1-21-8-6-18(12-21)7-9-22(13-18)17(23)19-15-4-2-3-14(11-15)16-5-10-24-20-16/h2-5,10-11H,6-9,12-13H2,1H3,(H,19,23). The average Bonchev–Trinajstić information content (AvgIpc) is 3.31. The third-order valence-electron chi connectivity index (χ3n) is 5.20. The topological polar surface area (TPSA) is 61.6 Å². The molecule has 1 aromatic carbocycles. The van der Waals surface area contributed by atoms with Gasteiger partial charge in [-0.1, -0.05) is 17.3 Å². The number of likely N-dealkylation sites (tertiary alicyclic amines) is 2. The lowest BCUT2D eigenvalue weighted by Crippen LogP contribution is -2.36. The first-order valence-electron chi connectivity index (χ1n) is 8.39. The highest BCUT2D eigenvalue weighted by Crippen LogP contribution is 2.39. The van der Waals surface area contributed by atoms with E-state index in [1.54, 1.807) is 6.26 Å². The Kier molecular flexibility index (Phi) is 3.76. The molecule has 2 fully saturated rings. The molecular weight excluding hydrogens is 304 g/mol. The Labute approximate surface area is 141 Å². The van der Waals surface area contributed by atoms with Gasteiger partial charge in [-0.15, -0.1) is 0 Å². The summed E-state index contributed by atoms with van der Waals surface area (Å²) in [6.45, 7) is 3.92. The maximum Gasteiger partial charge on any atom is 0.321 e. The van der Waals surface area contributed by atoms with Crippen LogP contribution < -0.4 is 5.32 Å². The Morgan fingerprint density at radius 1 is 1.25 bits per heavy atom. The smallest absolute Gasteiger partial charge is 0.321 e. The predicted octanol–water partition coefficient (Wildman–Crippen LogP) is 2.90. The van der Waals surface area contributed by atoms with Crippen LogP contribution in [0.4, 0.5) is 10.5 Å². The molecule has 0 saturated carbocycles. The Bertz CT molecular complexity index is 730. The molecule has 126 valence electrons. The van der Waals surface area contributed by atoms with Crippen LogP contribution in [0.2, 0.25) is 0 Å². The van der Waals surface area contributed by atoms with Crippen molar-refractivity contribution in [2.24, 2.45) is 5.41 Å². The van der Waals surface area contributed by atoms with E-state index in [1.165, 1.54) is 6.42 Å². The summed E-state index contributed by atoms with van der Waals surface area (Å²) in [7, 11) is 2.16. The van der Waals surface area contributed by atoms with Crippen molar-refractivity contribution in [1.82, 2.24) is 15.0 Å². The maximum absolute atomic E-state index is 12.6. The van der Waals surface area contributed by atoms with E-state index in [0.29, 0.717) is 5.41 Å². The molecular formula is C18H22N4O2. The summed E-state index contributed by atoms with van der Waals surface area (Å²) in [5.74, 6) is 0. The largest absolute Gasteiger partial charge is 0.364 e. The zero-order valence-corrected chi connectivity index (χ0v) is 13.9. The molecule has 1 N–H and O–H groups in total. The van der Waals surface area contributed by atoms with Crippen molar-refractivity contribution in [2.45, 2.75) is 12.8 Å². The van der Waals surface area contributed by atoms with Gasteiger partial charge in [-0.2, -0.15) is 0 Å². The molecule has 24 heavy (non-hydrogen) atoms. The van der Waals surface area contributed by atoms with Gasteiger partial charge in [0.05, 0.1) is 0 Å². The molecule has 0 aliphatic carbocycles. The van der Waals surface area contributed by atoms with Crippen molar-refractivity contribution < 1.29 is 9.32 Å². The van der Waals surface area contributed by atoms with Crippen LogP contribution >= 0.6 is 0 Å². The number of amides is 2. The van der Waals surface area contributed by atoms with Gasteiger partial charge in [0.1, 0.15) is 12.0 Å². The van der Waals surface area contributed by atoms with Crippen molar-refractivity contribution in [3.8, 4) is 11.3 Å². The van der Waals surface area contributed by atoms with E-state index in [1.807, 2.05) is 35.2 Å². The van der Waals surface area contributed by atoms with Gasteiger partial charge < -0.3 is 19.6 Å². The summed E-state index contributed by atoms with van der Waals surface area (Å²) < 4.78 is 4.88. The highest BCUT2D eigenvalue weighted by molar-refractivity contribution is 5.90. The highest BCUT2D eigenvalue weighted by Gasteiger charge is 2.43. The number of rotatable bonds is 2. The number of urea groups is 1. The number of hydrogen-bond acceptors (Lipinski definition) is 4. The summed E-state index contributed by atoms with van der Waals surface area (Å²) in [6, 6.07) is 9.48. The molecule has 2 saturated heterocycles. The minimum Gasteiger partial charge on any atom is -0.364 e. The van der Waals surface area contributed by atoms with E-state index in [9.17, 15) is 4.79 Å². The lowest BCUT2D eigenvalue weighted by molar-refractivity contribution is 0.212. The molecule has 6 nitrogen and oxygen atoms in total. The number of aromatic nitrogens is 1. The van der Waals surface area contributed by atoms with Gasteiger partial charge >= 0.3 is 6.03 Å². The number of carbonyl (C=O) groups is 1. The van der Waals surface area contributed by atoms with E-state index < -0.39 is 0 Å². The first-order valence-corrected chi connectivity index (χ1v) is 8.39. The second kappa shape index (κ2) is 5.94. The Hall–Kier alpha value is -2.34. The van der Waals surface area contributed by atoms with Gasteiger partial charge in [-0.05, 0) is 38.6 Å². The normalized spacial score (nSPS) is 24.0. The number of nitrogens with one attached hydrogen (secondary N) is 1. The Morgan fingerprint density at radius 2 is 2.12 bits per heavy atom. The van der Waals surface area contributed by atoms with Gasteiger partial charge in [0, 0.05) is 42.4 Å². The minimum absolute atomic E-state index is 0.0151. The molecule has 1 spiro atoms. The highest BCUT2D eigenvalue weighted by atomic mass is 16.5. The van der Waals surface area contributed by atoms with Crippen LogP contribution in [0.5, 0.6) is 0 Å². The minimum atomic E-state index is -0.0151. The van der Waals surface area contributed by atoms with Gasteiger partial charge in [0.15, 0.2) is 0 Å². The monoisotopic (exact) mass is 326 g/mol. The quantitative estimate of drug-likeness (QED) is 0.922. The van der Waals surface area contributed by atoms with E-state index in [-0.39, 0.29) is 6.03 Å². The molecule has 2 aliphatic rings. The third-order valence-corrected chi connectivity index (χ3v) is 5.20. The Morgan fingerprint density at radius 3 is 2.88 bits per heavy atom. The van der Waals surface area contributed by atoms with E-state index in [2.05, 4.69) is 22.4 Å². The summed E-state index contributed by atoms with van der Waals surface area (Å²) in [6.07, 6.45) is 3.83. The molecule has 1 aromatic heterocycles. The van der Waals surface area contributed by atoms with E-state index in [0.717, 1.165) is 49.5 Å². The zero-order valence-electron chi connectivity index (χ0n) is 13.9. The van der Waals surface area contributed by atoms with Crippen molar-refractivity contribution in [1.29, 1.82) is 0 Å². The fourth-order valence-corrected chi connectivity index (χ4v) is 3.92. The van der Waals surface area contributed by atoms with Crippen LogP contribution in [-0.2, 0) is 0 Å². The van der Waals surface area contributed by atoms with Gasteiger partial charge in [0.2, 0.25) is 0 Å². The van der Waals surface area contributed by atoms with Crippen LogP contribution in [0.15, 0.2) is 41.1 Å². The number of carbonyl (C=O) groups excluding carboxylic acids is 1. The zero-order chi connectivity index (χ0) is 16.6. The van der Waals surface area contributed by atoms with Gasteiger partial charge in [0.25, 0.3) is 0 Å². The summed E-state index contributed by atoms with van der Waals surface area (Å²) in [5, 5.41) is 6.96. The van der Waals surface area contributed by atoms with Gasteiger partial charge in [-0.3, -0.25) is 0 Å². The predicted molar refractivity (Wildman–Crippen MR) is 91.7 cm³/mol. The van der Waals surface area contributed by atoms with E-state index >= 15 is 0 Å². The third kappa shape index (κ3) is 2.89. The SMILES string of the molecule is CN1CCC2(CCN(C(=O)Nc3cccc(-c4ccon4)c3)C2)C1. The number of benzene rings is 1. The first-order chi connectivity index (χ1) is 11.6. The maximum atomic E-state index is 12.6. The van der Waals surface area contributed by atoms with Crippen molar-refractivity contribution in [3.05, 3.63) is 36.6 Å². The number of nitrogens with zero attached hydrogens (tertiary/aromatic N) is 3. The fraction of sp³-hybridized carbons (Fsp3) is 0.444. The summed E-state index contributed by atoms with van der Waals surface area (Å²) in [4.78, 5) is 16.9. The second-order valence-electron chi connectivity index (χ2n) is 7.05. The molecule has 6 heteroatoms. The summed E-state index contributed by atoms with van der Waals surface area (Å²) in [5.41, 5.74) is 2.77. The molecule has 4 rings (SSSR count). The van der Waals surface area contributed by atoms with Crippen molar-refractivity contribution >= 4 is 11.7 Å². The number of hydrogen-bond donors (Lipinski definition) is 1. The van der Waals surface area contributed by atoms with E-state index in [4.69, 9.17) is 4.52 Å². The van der Waals surface area contributed by atoms with Crippen LogP contribution in [0.3, 0.4) is 0 Å². The van der Waals surface area contributed by atoms with Crippen LogP contribution in [0, 0.1) is 5.41 Å². The molecule has 2 aliphatic heterocycles. The van der Waals surface area contributed by atoms with Crippen molar-refractivity contribution in [3.63, 3.8) is 0 Å². The number of anilines is 1. The second-order valence-corrected chi connectivity index (χ2v) is 7.05. The van der Waals surface area contributed by atoms with Crippen LogP contribution in [0.25, 0.3) is 11.3 Å². The molecule has 0 radical (unpaired) electrons. The Balaban J connectivity index is 1.43. The first kappa shape index (κ1) is 15.2. The fourth-order valence-electron chi connectivity index (χ4n) is 3.92. The molecule has 3 heterocycles. The van der Waals surface area contributed by atoms with Crippen LogP contribution in [0.1, 0.15) is 12.8 Å². The molecule has 1 atom stereocenters.